The lowest BCUT2D eigenvalue weighted by Gasteiger charge is -2.43. The van der Waals surface area contributed by atoms with E-state index in [0.717, 1.165) is 13.0 Å². The summed E-state index contributed by atoms with van der Waals surface area (Å²) in [6.45, 7) is 0.827. The molecule has 2 aromatic carbocycles. The molecule has 1 aliphatic rings. The molecule has 1 N–H and O–H groups in total. The molecule has 1 heterocycles. The Kier molecular flexibility index (Phi) is 7.51. The lowest BCUT2D eigenvalue weighted by molar-refractivity contribution is -0.213. The fourth-order valence-corrected chi connectivity index (χ4v) is 4.77. The van der Waals surface area contributed by atoms with Crippen molar-refractivity contribution in [3.05, 3.63) is 70.4 Å². The lowest BCUT2D eigenvalue weighted by atomic mass is 9.63. The molecule has 0 unspecified atom stereocenters. The number of aromatic nitrogens is 2. The van der Waals surface area contributed by atoms with Crippen LogP contribution in [0.3, 0.4) is 0 Å². The zero-order valence-electron chi connectivity index (χ0n) is 20.1. The zero-order valence-corrected chi connectivity index (χ0v) is 21.0. The minimum absolute atomic E-state index is 0.131. The van der Waals surface area contributed by atoms with Crippen molar-refractivity contribution in [1.82, 2.24) is 10.2 Å². The number of ether oxygens (including phenoxy) is 1. The molecule has 0 radical (unpaired) electrons. The van der Waals surface area contributed by atoms with Gasteiger partial charge in [0.25, 0.3) is 11.8 Å². The van der Waals surface area contributed by atoms with Crippen molar-refractivity contribution in [2.24, 2.45) is 0 Å². The molecule has 16 heteroatoms. The molecule has 40 heavy (non-hydrogen) atoms. The number of rotatable bonds is 6. The van der Waals surface area contributed by atoms with Crippen LogP contribution in [0.1, 0.15) is 46.4 Å². The van der Waals surface area contributed by atoms with Crippen LogP contribution in [0.5, 0.6) is 11.6 Å². The van der Waals surface area contributed by atoms with E-state index in [1.807, 2.05) is 0 Å². The molecule has 0 bridgehead atoms. The smallest absolute Gasteiger partial charge is 0.434 e. The second kappa shape index (κ2) is 10.3. The molecule has 3 aromatic rings. The van der Waals surface area contributed by atoms with Crippen molar-refractivity contribution in [2.75, 3.05) is 5.32 Å². The summed E-state index contributed by atoms with van der Waals surface area (Å²) in [4.78, 5) is 12.8. The highest BCUT2D eigenvalue weighted by atomic mass is 32.2. The highest BCUT2D eigenvalue weighted by Crippen LogP contribution is 2.55. The molecule has 0 spiro atoms. The zero-order chi connectivity index (χ0) is 29.6. The van der Waals surface area contributed by atoms with Gasteiger partial charge in [-0.25, -0.2) is 12.8 Å². The van der Waals surface area contributed by atoms with Gasteiger partial charge in [0.15, 0.2) is 28.0 Å². The molecule has 0 saturated heterocycles. The molecule has 1 saturated carbocycles. The van der Waals surface area contributed by atoms with Gasteiger partial charge in [0.05, 0.1) is 10.3 Å². The van der Waals surface area contributed by atoms with Gasteiger partial charge in [0.1, 0.15) is 5.56 Å². The Labute approximate surface area is 222 Å². The van der Waals surface area contributed by atoms with E-state index in [2.05, 4.69) is 15.5 Å². The second-order valence-electron chi connectivity index (χ2n) is 8.89. The van der Waals surface area contributed by atoms with E-state index in [-0.39, 0.29) is 17.0 Å². The standard InChI is InChI=1S/C24H17F8N3O4S/c1-11-16(20(36)33-12-4-2-5-13(10-12)40(37)38)21(35-34-19(11)23(27,28)29)39-15-7-6-14(17(25)18(15)26)22(8-3-9-22)24(30,31)32/h2,4-7,10,40H,3,8-9H2,1H3,(H,33,36). The Bertz CT molecular complexity index is 1560. The van der Waals surface area contributed by atoms with E-state index in [1.54, 1.807) is 0 Å². The number of amides is 1. The number of halogens is 8. The van der Waals surface area contributed by atoms with E-state index < -0.39 is 92.9 Å². The maximum Gasteiger partial charge on any atom is 0.435 e. The summed E-state index contributed by atoms with van der Waals surface area (Å²) < 4.78 is 139. The average molecular weight is 595 g/mol. The van der Waals surface area contributed by atoms with Crippen LogP contribution in [0.4, 0.5) is 40.8 Å². The van der Waals surface area contributed by atoms with E-state index in [9.17, 15) is 48.3 Å². The van der Waals surface area contributed by atoms with Crippen molar-refractivity contribution in [3.8, 4) is 11.6 Å². The Morgan fingerprint density at radius 1 is 1.00 bits per heavy atom. The number of nitrogens with one attached hydrogen (secondary N) is 1. The van der Waals surface area contributed by atoms with Gasteiger partial charge < -0.3 is 10.1 Å². The number of anilines is 1. The normalized spacial score (nSPS) is 15.1. The first-order chi connectivity index (χ1) is 18.6. The van der Waals surface area contributed by atoms with Crippen LogP contribution in [0.15, 0.2) is 41.3 Å². The summed E-state index contributed by atoms with van der Waals surface area (Å²) >= 11 is 0. The van der Waals surface area contributed by atoms with Crippen molar-refractivity contribution in [3.63, 3.8) is 0 Å². The first-order valence-corrected chi connectivity index (χ1v) is 12.5. The van der Waals surface area contributed by atoms with Crippen LogP contribution in [-0.2, 0) is 22.3 Å². The van der Waals surface area contributed by atoms with Gasteiger partial charge in [0.2, 0.25) is 5.82 Å². The molecular formula is C24H17F8N3O4S. The Hall–Kier alpha value is -3.82. The fourth-order valence-electron chi connectivity index (χ4n) is 4.32. The Morgan fingerprint density at radius 3 is 2.23 bits per heavy atom. The molecule has 1 amide bonds. The van der Waals surface area contributed by atoms with Gasteiger partial charge in [-0.05, 0) is 49.6 Å². The van der Waals surface area contributed by atoms with Crippen LogP contribution in [0.2, 0.25) is 0 Å². The summed E-state index contributed by atoms with van der Waals surface area (Å²) in [5.74, 6) is -7.15. The van der Waals surface area contributed by atoms with Gasteiger partial charge in [-0.15, -0.1) is 10.2 Å². The highest BCUT2D eigenvalue weighted by Gasteiger charge is 2.60. The monoisotopic (exact) mass is 595 g/mol. The molecule has 1 aromatic heterocycles. The average Bonchev–Trinajstić information content (AvgIpc) is 2.81. The number of carbonyl (C=O) groups excluding carboxylic acids is 1. The maximum absolute atomic E-state index is 14.9. The number of nitrogens with zero attached hydrogens (tertiary/aromatic N) is 2. The molecule has 7 nitrogen and oxygen atoms in total. The Morgan fingerprint density at radius 2 is 1.68 bits per heavy atom. The quantitative estimate of drug-likeness (QED) is 0.265. The molecule has 0 aliphatic heterocycles. The van der Waals surface area contributed by atoms with Crippen molar-refractivity contribution < 1.29 is 53.1 Å². The molecule has 4 rings (SSSR count). The molecule has 1 aliphatic carbocycles. The van der Waals surface area contributed by atoms with E-state index >= 15 is 0 Å². The Balaban J connectivity index is 1.77. The third-order valence-electron chi connectivity index (χ3n) is 6.51. The van der Waals surface area contributed by atoms with Gasteiger partial charge >= 0.3 is 12.4 Å². The van der Waals surface area contributed by atoms with Gasteiger partial charge in [-0.1, -0.05) is 18.6 Å². The fraction of sp³-hybridized carbons (Fsp3) is 0.292. The second-order valence-corrected chi connectivity index (χ2v) is 9.92. The van der Waals surface area contributed by atoms with Gasteiger partial charge in [-0.3, -0.25) is 4.79 Å². The van der Waals surface area contributed by atoms with E-state index in [4.69, 9.17) is 4.74 Å². The summed E-state index contributed by atoms with van der Waals surface area (Å²) in [5.41, 5.74) is -7.08. The van der Waals surface area contributed by atoms with Crippen molar-refractivity contribution in [1.29, 1.82) is 0 Å². The van der Waals surface area contributed by atoms with Crippen LogP contribution >= 0.6 is 0 Å². The number of alkyl halides is 6. The van der Waals surface area contributed by atoms with E-state index in [0.29, 0.717) is 12.1 Å². The first-order valence-electron chi connectivity index (χ1n) is 11.3. The topological polar surface area (TPSA) is 98.2 Å². The molecule has 214 valence electrons. The lowest BCUT2D eigenvalue weighted by Crippen LogP contribution is -2.48. The molecule has 1 fully saturated rings. The predicted molar refractivity (Wildman–Crippen MR) is 123 cm³/mol. The third kappa shape index (κ3) is 5.19. The minimum atomic E-state index is -5.10. The van der Waals surface area contributed by atoms with Crippen molar-refractivity contribution >= 4 is 22.3 Å². The summed E-state index contributed by atoms with van der Waals surface area (Å²) in [6.07, 6.45) is -10.8. The van der Waals surface area contributed by atoms with Gasteiger partial charge in [-0.2, -0.15) is 30.7 Å². The number of carbonyl (C=O) groups is 1. The summed E-state index contributed by atoms with van der Waals surface area (Å²) in [5, 5.41) is 8.34. The van der Waals surface area contributed by atoms with Crippen LogP contribution in [-0.4, -0.2) is 30.7 Å². The number of thiol groups is 1. The number of benzene rings is 2. The summed E-state index contributed by atoms with van der Waals surface area (Å²) in [6, 6.07) is 5.94. The predicted octanol–water partition coefficient (Wildman–Crippen LogP) is 6.08. The highest BCUT2D eigenvalue weighted by molar-refractivity contribution is 7.72. The minimum Gasteiger partial charge on any atom is -0.434 e. The first kappa shape index (κ1) is 29.2. The van der Waals surface area contributed by atoms with Gasteiger partial charge in [0, 0.05) is 11.3 Å². The van der Waals surface area contributed by atoms with Crippen LogP contribution in [0.25, 0.3) is 0 Å². The van der Waals surface area contributed by atoms with Crippen LogP contribution in [0, 0.1) is 18.6 Å². The largest absolute Gasteiger partial charge is 0.435 e. The van der Waals surface area contributed by atoms with E-state index in [1.165, 1.54) is 18.2 Å². The number of hydrogen-bond acceptors (Lipinski definition) is 6. The van der Waals surface area contributed by atoms with Crippen LogP contribution < -0.4 is 10.1 Å². The van der Waals surface area contributed by atoms with Crippen molar-refractivity contribution in [2.45, 2.75) is 48.8 Å². The number of hydrogen-bond donors (Lipinski definition) is 2. The molecule has 0 atom stereocenters. The maximum atomic E-state index is 14.9. The SMILES string of the molecule is Cc1c(C(F)(F)F)nnc(Oc2ccc(C3(C(F)(F)F)CCC3)c(F)c2F)c1C(=O)Nc1cccc([SH](=O)=O)c1. The third-order valence-corrected chi connectivity index (χ3v) is 7.21. The molecular weight excluding hydrogens is 578 g/mol. The summed E-state index contributed by atoms with van der Waals surface area (Å²) in [7, 11) is -3.07.